The quantitative estimate of drug-likeness (QED) is 0.625. The number of aromatic nitrogens is 4. The molecule has 0 amide bonds. The molecule has 34 heavy (non-hydrogen) atoms. The molecule has 5 unspecified atom stereocenters. The standard InChI is InChI=1S/C27H41N7/c1-17(29-16-18(2)34-22(15-28)12-21-13-25(21)34)14-27(26-30-32-33-31-26)23-9-5-3-7-19(23)11-20-8-4-6-10-24(20)27/h17,19-25,29H,2-14,16H2,1H3,(H,30,31,32,33)/t17-,19?,20?,21-,22?,23?,24?,25+,27?/m1/s1. The lowest BCUT2D eigenvalue weighted by Gasteiger charge is -2.58. The van der Waals surface area contributed by atoms with Gasteiger partial charge in [-0.25, -0.2) is 0 Å². The summed E-state index contributed by atoms with van der Waals surface area (Å²) in [5, 5.41) is 29.7. The highest BCUT2D eigenvalue weighted by molar-refractivity contribution is 5.21. The maximum atomic E-state index is 9.60. The molecular formula is C27H41N7. The van der Waals surface area contributed by atoms with Crippen molar-refractivity contribution in [3.63, 3.8) is 0 Å². The fourth-order valence-corrected chi connectivity index (χ4v) is 9.07. The first-order valence-corrected chi connectivity index (χ1v) is 13.9. The number of H-pyrrole nitrogens is 1. The number of piperidine rings is 1. The lowest BCUT2D eigenvalue weighted by Crippen LogP contribution is -2.57. The maximum absolute atomic E-state index is 9.60. The summed E-state index contributed by atoms with van der Waals surface area (Å²) in [5.74, 6) is 4.65. The van der Waals surface area contributed by atoms with Crippen LogP contribution in [0.2, 0.25) is 0 Å². The molecule has 8 atom stereocenters. The minimum absolute atomic E-state index is 0.0135. The second-order valence-electron chi connectivity index (χ2n) is 12.2. The van der Waals surface area contributed by atoms with E-state index in [9.17, 15) is 5.26 Å². The highest BCUT2D eigenvalue weighted by atomic mass is 15.5. The summed E-state index contributed by atoms with van der Waals surface area (Å²) in [4.78, 5) is 2.31. The molecule has 2 N–H and O–H groups in total. The number of tetrazole rings is 1. The molecule has 0 bridgehead atoms. The van der Waals surface area contributed by atoms with Crippen LogP contribution in [0.4, 0.5) is 0 Å². The molecule has 5 aliphatic rings. The highest BCUT2D eigenvalue weighted by Crippen LogP contribution is 2.61. The van der Waals surface area contributed by atoms with Crippen LogP contribution < -0.4 is 5.32 Å². The zero-order valence-electron chi connectivity index (χ0n) is 20.8. The van der Waals surface area contributed by atoms with Crippen molar-refractivity contribution in [3.8, 4) is 6.07 Å². The van der Waals surface area contributed by atoms with E-state index in [0.717, 1.165) is 42.7 Å². The highest BCUT2D eigenvalue weighted by Gasteiger charge is 2.58. The van der Waals surface area contributed by atoms with Crippen LogP contribution in [-0.4, -0.2) is 50.2 Å². The molecule has 6 rings (SSSR count). The summed E-state index contributed by atoms with van der Waals surface area (Å²) in [6, 6.07) is 3.41. The van der Waals surface area contributed by atoms with Gasteiger partial charge in [0.15, 0.2) is 5.82 Å². The zero-order chi connectivity index (χ0) is 23.3. The van der Waals surface area contributed by atoms with E-state index in [2.05, 4.69) is 45.3 Å². The van der Waals surface area contributed by atoms with Crippen LogP contribution >= 0.6 is 0 Å². The Labute approximate surface area is 204 Å². The Bertz CT molecular complexity index is 898. The van der Waals surface area contributed by atoms with Crippen LogP contribution in [0.25, 0.3) is 0 Å². The normalized spacial score (nSPS) is 41.6. The van der Waals surface area contributed by atoms with Gasteiger partial charge in [-0.2, -0.15) is 10.5 Å². The van der Waals surface area contributed by atoms with Crippen LogP contribution in [0.5, 0.6) is 0 Å². The van der Waals surface area contributed by atoms with Crippen molar-refractivity contribution in [1.29, 1.82) is 5.26 Å². The van der Waals surface area contributed by atoms with Gasteiger partial charge in [0.05, 0.1) is 6.07 Å². The Morgan fingerprint density at radius 1 is 1.12 bits per heavy atom. The molecule has 1 saturated heterocycles. The number of hydrogen-bond acceptors (Lipinski definition) is 6. The molecule has 2 heterocycles. The van der Waals surface area contributed by atoms with E-state index >= 15 is 0 Å². The summed E-state index contributed by atoms with van der Waals surface area (Å²) in [7, 11) is 0. The Morgan fingerprint density at radius 2 is 1.82 bits per heavy atom. The van der Waals surface area contributed by atoms with Crippen LogP contribution in [0, 0.1) is 40.9 Å². The predicted octanol–water partition coefficient (Wildman–Crippen LogP) is 4.32. The van der Waals surface area contributed by atoms with Crippen molar-refractivity contribution in [1.82, 2.24) is 30.8 Å². The van der Waals surface area contributed by atoms with Gasteiger partial charge in [-0.1, -0.05) is 50.3 Å². The van der Waals surface area contributed by atoms with Crippen molar-refractivity contribution in [2.45, 2.75) is 108 Å². The van der Waals surface area contributed by atoms with Crippen LogP contribution in [0.1, 0.15) is 89.8 Å². The number of nitrogens with one attached hydrogen (secondary N) is 2. The summed E-state index contributed by atoms with van der Waals surface area (Å²) < 4.78 is 0. The van der Waals surface area contributed by atoms with Crippen molar-refractivity contribution in [2.75, 3.05) is 6.54 Å². The predicted molar refractivity (Wildman–Crippen MR) is 130 cm³/mol. The molecular weight excluding hydrogens is 422 g/mol. The third-order valence-corrected chi connectivity index (χ3v) is 10.4. The second kappa shape index (κ2) is 8.93. The summed E-state index contributed by atoms with van der Waals surface area (Å²) in [5.41, 5.74) is 1.10. The fraction of sp³-hybridized carbons (Fsp3) is 0.852. The van der Waals surface area contributed by atoms with Crippen molar-refractivity contribution in [3.05, 3.63) is 18.1 Å². The van der Waals surface area contributed by atoms with Gasteiger partial charge in [-0.3, -0.25) is 0 Å². The number of fused-ring (bicyclic) bond motifs is 3. The number of nitriles is 1. The van der Waals surface area contributed by atoms with Gasteiger partial charge in [0, 0.05) is 29.7 Å². The molecule has 7 nitrogen and oxygen atoms in total. The number of aromatic amines is 1. The van der Waals surface area contributed by atoms with E-state index in [1.54, 1.807) is 0 Å². The van der Waals surface area contributed by atoms with Crippen molar-refractivity contribution >= 4 is 0 Å². The van der Waals surface area contributed by atoms with E-state index in [0.29, 0.717) is 29.8 Å². The molecule has 4 saturated carbocycles. The van der Waals surface area contributed by atoms with Crippen molar-refractivity contribution < 1.29 is 0 Å². The largest absolute Gasteiger partial charge is 0.355 e. The fourth-order valence-electron chi connectivity index (χ4n) is 9.07. The lowest BCUT2D eigenvalue weighted by atomic mass is 9.46. The second-order valence-corrected chi connectivity index (χ2v) is 12.2. The average molecular weight is 464 g/mol. The molecule has 1 aliphatic heterocycles. The molecule has 0 spiro atoms. The summed E-state index contributed by atoms with van der Waals surface area (Å²) in [6.45, 7) is 7.50. The van der Waals surface area contributed by atoms with E-state index in [-0.39, 0.29) is 11.5 Å². The molecule has 0 radical (unpaired) electrons. The number of hydrogen-bond donors (Lipinski definition) is 2. The first-order chi connectivity index (χ1) is 16.6. The SMILES string of the molecule is C=C(CN[C@H](C)CC1(c2nn[nH]n2)C2CCCCC2CC2CCCCC21)N1C(C#N)C[C@@H]2C[C@@H]21. The van der Waals surface area contributed by atoms with Gasteiger partial charge in [0.2, 0.25) is 0 Å². The van der Waals surface area contributed by atoms with Crippen LogP contribution in [0.15, 0.2) is 12.3 Å². The van der Waals surface area contributed by atoms with Crippen LogP contribution in [0.3, 0.4) is 0 Å². The summed E-state index contributed by atoms with van der Waals surface area (Å²) in [6.07, 6.45) is 15.5. The van der Waals surface area contributed by atoms with Crippen molar-refractivity contribution in [2.24, 2.45) is 29.6 Å². The van der Waals surface area contributed by atoms with E-state index in [4.69, 9.17) is 5.10 Å². The molecule has 5 fully saturated rings. The Kier molecular flexibility index (Phi) is 5.91. The third-order valence-electron chi connectivity index (χ3n) is 10.4. The lowest BCUT2D eigenvalue weighted by molar-refractivity contribution is -0.0517. The van der Waals surface area contributed by atoms with Gasteiger partial charge in [-0.05, 0) is 75.0 Å². The van der Waals surface area contributed by atoms with E-state index in [1.807, 2.05) is 0 Å². The first kappa shape index (κ1) is 22.5. The monoisotopic (exact) mass is 463 g/mol. The number of likely N-dealkylation sites (tertiary alicyclic amines) is 1. The first-order valence-electron chi connectivity index (χ1n) is 13.9. The average Bonchev–Trinajstić information content (AvgIpc) is 3.24. The van der Waals surface area contributed by atoms with Gasteiger partial charge in [-0.15, -0.1) is 10.2 Å². The molecule has 184 valence electrons. The topological polar surface area (TPSA) is 93.5 Å². The number of rotatable bonds is 7. The molecule has 1 aromatic heterocycles. The van der Waals surface area contributed by atoms with E-state index in [1.165, 1.54) is 64.2 Å². The van der Waals surface area contributed by atoms with Gasteiger partial charge < -0.3 is 10.2 Å². The number of nitrogens with zero attached hydrogens (tertiary/aromatic N) is 5. The van der Waals surface area contributed by atoms with Gasteiger partial charge in [0.25, 0.3) is 0 Å². The van der Waals surface area contributed by atoms with Gasteiger partial charge in [0.1, 0.15) is 6.04 Å². The minimum atomic E-state index is 0.0135. The van der Waals surface area contributed by atoms with Gasteiger partial charge >= 0.3 is 0 Å². The van der Waals surface area contributed by atoms with Crippen LogP contribution in [-0.2, 0) is 5.41 Å². The Hall–Kier alpha value is -1.94. The Balaban J connectivity index is 1.23. The minimum Gasteiger partial charge on any atom is -0.355 e. The summed E-state index contributed by atoms with van der Waals surface area (Å²) >= 11 is 0. The molecule has 1 aromatic rings. The molecule has 7 heteroatoms. The maximum Gasteiger partial charge on any atom is 0.181 e. The third kappa shape index (κ3) is 3.68. The molecule has 4 aliphatic carbocycles. The smallest absolute Gasteiger partial charge is 0.181 e. The molecule has 0 aromatic carbocycles. The Morgan fingerprint density at radius 3 is 2.47 bits per heavy atom. The zero-order valence-corrected chi connectivity index (χ0v) is 20.8. The van der Waals surface area contributed by atoms with E-state index < -0.39 is 0 Å².